The van der Waals surface area contributed by atoms with Crippen molar-refractivity contribution in [2.45, 2.75) is 111 Å². The molecule has 0 aromatic heterocycles. The summed E-state index contributed by atoms with van der Waals surface area (Å²) in [5.41, 5.74) is 29.3. The van der Waals surface area contributed by atoms with Gasteiger partial charge in [0, 0.05) is 19.3 Å². The predicted octanol–water partition coefficient (Wildman–Crippen LogP) is -6.85. The van der Waals surface area contributed by atoms with E-state index in [9.17, 15) is 30.3 Å². The van der Waals surface area contributed by atoms with Crippen molar-refractivity contribution < 1.29 is 49.3 Å². The molecular weight excluding hydrogens is 534 g/mol. The highest BCUT2D eigenvalue weighted by Gasteiger charge is 2.51. The Kier molecular flexibility index (Phi) is 12.8. The molecule has 3 rings (SSSR count). The monoisotopic (exact) mass is 581 g/mol. The van der Waals surface area contributed by atoms with Crippen molar-refractivity contribution in [3.8, 4) is 0 Å². The van der Waals surface area contributed by atoms with E-state index in [1.807, 2.05) is 0 Å². The van der Waals surface area contributed by atoms with Gasteiger partial charge in [0.15, 0.2) is 12.6 Å². The number of amides is 1. The summed E-state index contributed by atoms with van der Waals surface area (Å²) in [6, 6.07) is -3.36. The van der Waals surface area contributed by atoms with Crippen molar-refractivity contribution in [3.63, 3.8) is 0 Å². The van der Waals surface area contributed by atoms with Crippen LogP contribution in [-0.2, 0) is 23.7 Å². The van der Waals surface area contributed by atoms with Crippen molar-refractivity contribution >= 4 is 5.91 Å². The lowest BCUT2D eigenvalue weighted by Gasteiger charge is -2.48. The number of nitrogens with one attached hydrogen (secondary N) is 2. The van der Waals surface area contributed by atoms with Crippen LogP contribution in [0.3, 0.4) is 0 Å². The van der Waals surface area contributed by atoms with Crippen molar-refractivity contribution in [3.05, 3.63) is 0 Å². The quantitative estimate of drug-likeness (QED) is 0.0952. The second-order valence-corrected chi connectivity index (χ2v) is 10.5. The van der Waals surface area contributed by atoms with E-state index >= 15 is 0 Å². The van der Waals surface area contributed by atoms with Gasteiger partial charge in [-0.1, -0.05) is 0 Å². The van der Waals surface area contributed by atoms with Gasteiger partial charge in [-0.2, -0.15) is 0 Å². The molecule has 3 aliphatic rings. The van der Waals surface area contributed by atoms with E-state index < -0.39 is 92.0 Å². The fraction of sp³-hybridized carbons (Fsp3) is 0.957. The van der Waals surface area contributed by atoms with Crippen LogP contribution >= 0.6 is 0 Å². The van der Waals surface area contributed by atoms with E-state index in [-0.39, 0.29) is 38.7 Å². The fourth-order valence-electron chi connectivity index (χ4n) is 5.37. The van der Waals surface area contributed by atoms with Crippen molar-refractivity contribution in [1.29, 1.82) is 0 Å². The lowest BCUT2D eigenvalue weighted by Crippen LogP contribution is -2.69. The molecule has 234 valence electrons. The Bertz CT molecular complexity index is 790. The Morgan fingerprint density at radius 2 is 1.65 bits per heavy atom. The number of carbonyl (C=O) groups excluding carboxylic acids is 1. The third-order valence-electron chi connectivity index (χ3n) is 7.67. The summed E-state index contributed by atoms with van der Waals surface area (Å²) in [6.45, 7) is -0.399. The number of nitrogens with two attached hydrogens (primary N) is 5. The Morgan fingerprint density at radius 3 is 2.27 bits per heavy atom. The van der Waals surface area contributed by atoms with Gasteiger partial charge in [-0.15, -0.1) is 0 Å². The summed E-state index contributed by atoms with van der Waals surface area (Å²) < 4.78 is 23.5. The van der Waals surface area contributed by atoms with Crippen molar-refractivity contribution in [2.24, 2.45) is 28.7 Å². The second-order valence-electron chi connectivity index (χ2n) is 10.5. The molecule has 0 radical (unpaired) electrons. The van der Waals surface area contributed by atoms with E-state index in [2.05, 4.69) is 10.6 Å². The van der Waals surface area contributed by atoms with Gasteiger partial charge in [0.1, 0.15) is 42.7 Å². The van der Waals surface area contributed by atoms with E-state index in [0.29, 0.717) is 12.8 Å². The first-order valence-electron chi connectivity index (χ1n) is 13.7. The number of hydrogen-bond acceptors (Lipinski definition) is 16. The van der Waals surface area contributed by atoms with Gasteiger partial charge in [-0.3, -0.25) is 10.1 Å². The Balaban J connectivity index is 1.85. The van der Waals surface area contributed by atoms with Gasteiger partial charge >= 0.3 is 0 Å². The number of carbonyl (C=O) groups is 1. The van der Waals surface area contributed by atoms with Crippen LogP contribution in [-0.4, -0.2) is 143 Å². The number of ether oxygens (including phenoxy) is 4. The van der Waals surface area contributed by atoms with Gasteiger partial charge < -0.3 is 78.5 Å². The average molecular weight is 582 g/mol. The minimum absolute atomic E-state index is 0.00338. The molecule has 40 heavy (non-hydrogen) atoms. The van der Waals surface area contributed by atoms with Gasteiger partial charge in [0.05, 0.1) is 30.8 Å². The minimum atomic E-state index is -1.51. The van der Waals surface area contributed by atoms with E-state index in [1.165, 1.54) is 0 Å². The number of aliphatic hydroxyl groups excluding tert-OH is 5. The lowest BCUT2D eigenvalue weighted by molar-refractivity contribution is -0.316. The second kappa shape index (κ2) is 15.4. The van der Waals surface area contributed by atoms with E-state index in [4.69, 9.17) is 47.6 Å². The zero-order valence-electron chi connectivity index (χ0n) is 22.4. The van der Waals surface area contributed by atoms with Gasteiger partial charge in [-0.25, -0.2) is 0 Å². The molecular formula is C23H47N7O10. The summed E-state index contributed by atoms with van der Waals surface area (Å²) in [5.74, 6) is -0.761. The van der Waals surface area contributed by atoms with E-state index in [1.54, 1.807) is 0 Å². The van der Waals surface area contributed by atoms with Crippen LogP contribution in [0.4, 0.5) is 0 Å². The number of hydrogen-bond donors (Lipinski definition) is 12. The van der Waals surface area contributed by atoms with Crippen molar-refractivity contribution in [1.82, 2.24) is 10.6 Å². The molecule has 14 atom stereocenters. The fourth-order valence-corrected chi connectivity index (χ4v) is 5.37. The van der Waals surface area contributed by atoms with Crippen LogP contribution in [0.25, 0.3) is 0 Å². The summed E-state index contributed by atoms with van der Waals surface area (Å²) in [5, 5.41) is 58.1. The topological polar surface area (TPSA) is 309 Å². The Hall–Kier alpha value is -1.13. The molecule has 1 saturated carbocycles. The number of aliphatic hydroxyl groups is 5. The molecule has 2 heterocycles. The smallest absolute Gasteiger partial charge is 0.249 e. The largest absolute Gasteiger partial charge is 0.394 e. The molecule has 0 aromatic carbocycles. The third-order valence-corrected chi connectivity index (χ3v) is 7.67. The van der Waals surface area contributed by atoms with Crippen LogP contribution in [0.5, 0.6) is 0 Å². The molecule has 0 bridgehead atoms. The molecule has 1 aliphatic carbocycles. The summed E-state index contributed by atoms with van der Waals surface area (Å²) in [4.78, 5) is 12.7. The first-order chi connectivity index (χ1) is 19.1. The maximum absolute atomic E-state index is 12.7. The molecule has 17 N–H and O–H groups in total. The molecule has 0 aromatic rings. The molecule has 2 saturated heterocycles. The first kappa shape index (κ1) is 33.4. The maximum Gasteiger partial charge on any atom is 0.249 e. The average Bonchev–Trinajstić information content (AvgIpc) is 2.93. The molecule has 1 amide bonds. The van der Waals surface area contributed by atoms with Crippen molar-refractivity contribution in [2.75, 3.05) is 26.4 Å². The van der Waals surface area contributed by atoms with Crippen LogP contribution in [0.2, 0.25) is 0 Å². The van der Waals surface area contributed by atoms with Crippen LogP contribution < -0.4 is 39.3 Å². The Labute approximate surface area is 232 Å². The van der Waals surface area contributed by atoms with E-state index in [0.717, 1.165) is 0 Å². The van der Waals surface area contributed by atoms with Crippen LogP contribution in [0, 0.1) is 0 Å². The summed E-state index contributed by atoms with van der Waals surface area (Å²) in [7, 11) is 0. The SMILES string of the molecule is NCC[C@H](O)C(=O)N[C@@H]1C[C@H](N)C(O[C@@H]2OC(CN)CCC2N)C(O)[C@@H]1O[C@@H]1OC(CO)[C@H](O)[C@H](NCN)C1O. The zero-order valence-corrected chi connectivity index (χ0v) is 22.4. The molecule has 17 nitrogen and oxygen atoms in total. The van der Waals surface area contributed by atoms with Gasteiger partial charge in [0.2, 0.25) is 5.91 Å². The lowest BCUT2D eigenvalue weighted by atomic mass is 9.83. The zero-order chi connectivity index (χ0) is 29.6. The normalized spacial score (nSPS) is 43.3. The number of rotatable bonds is 12. The Morgan fingerprint density at radius 1 is 0.950 bits per heavy atom. The van der Waals surface area contributed by atoms with Crippen LogP contribution in [0.15, 0.2) is 0 Å². The standard InChI is InChI=1S/C23H47N7O10/c24-4-3-13(32)21(36)30-12-5-11(28)19(39-22-10(27)2-1-9(6-25)37-22)18(35)20(12)40-23-17(34)15(29-8-26)16(33)14(7-31)38-23/h9-20,22-23,29,31-35H,1-8,24-28H2,(H,30,36)/t9?,10?,11-,12+,13-,14?,15-,16-,17?,18?,19?,20+,22-,23-/m0/s1. The minimum Gasteiger partial charge on any atom is -0.394 e. The van der Waals surface area contributed by atoms with Crippen LogP contribution in [0.1, 0.15) is 25.7 Å². The predicted molar refractivity (Wildman–Crippen MR) is 139 cm³/mol. The molecule has 17 heteroatoms. The summed E-state index contributed by atoms with van der Waals surface area (Å²) >= 11 is 0. The molecule has 3 fully saturated rings. The molecule has 6 unspecified atom stereocenters. The highest BCUT2D eigenvalue weighted by Crippen LogP contribution is 2.31. The summed E-state index contributed by atoms with van der Waals surface area (Å²) in [6.07, 6.45) is -10.7. The highest BCUT2D eigenvalue weighted by atomic mass is 16.7. The van der Waals surface area contributed by atoms with Gasteiger partial charge in [-0.05, 0) is 32.2 Å². The molecule has 2 aliphatic heterocycles. The maximum atomic E-state index is 12.7. The third kappa shape index (κ3) is 7.82. The highest BCUT2D eigenvalue weighted by molar-refractivity contribution is 5.80. The first-order valence-corrected chi connectivity index (χ1v) is 13.7. The molecule has 0 spiro atoms. The van der Waals surface area contributed by atoms with Gasteiger partial charge in [0.25, 0.3) is 0 Å².